The van der Waals surface area contributed by atoms with Gasteiger partial charge in [0, 0.05) is 12.0 Å². The summed E-state index contributed by atoms with van der Waals surface area (Å²) >= 11 is 0. The fourth-order valence-electron chi connectivity index (χ4n) is 2.01. The van der Waals surface area contributed by atoms with Crippen LogP contribution in [0.3, 0.4) is 0 Å². The van der Waals surface area contributed by atoms with E-state index >= 15 is 0 Å². The summed E-state index contributed by atoms with van der Waals surface area (Å²) in [5.41, 5.74) is 1.41. The van der Waals surface area contributed by atoms with Crippen LogP contribution in [-0.2, 0) is 16.0 Å². The zero-order valence-electron chi connectivity index (χ0n) is 12.4. The average Bonchev–Trinajstić information content (AvgIpc) is 2.56. The molecule has 23 heavy (non-hydrogen) atoms. The molecule has 2 aromatic rings. The molecule has 0 heterocycles. The van der Waals surface area contributed by atoms with Crippen molar-refractivity contribution in [2.75, 3.05) is 6.61 Å². The zero-order chi connectivity index (χ0) is 16.7. The molecule has 0 bridgehead atoms. The Hall–Kier alpha value is -2.95. The highest BCUT2D eigenvalue weighted by Crippen LogP contribution is 2.15. The Bertz CT molecular complexity index is 706. The monoisotopic (exact) mass is 312 g/mol. The lowest BCUT2D eigenvalue weighted by atomic mass is 10.1. The quantitative estimate of drug-likeness (QED) is 0.460. The summed E-state index contributed by atoms with van der Waals surface area (Å²) in [5, 5.41) is 8.53. The Kier molecular flexibility index (Phi) is 5.63. The van der Waals surface area contributed by atoms with Gasteiger partial charge in [-0.25, -0.2) is 4.79 Å². The highest BCUT2D eigenvalue weighted by molar-refractivity contribution is 6.37. The van der Waals surface area contributed by atoms with Gasteiger partial charge in [-0.2, -0.15) is 0 Å². The van der Waals surface area contributed by atoms with E-state index in [1.54, 1.807) is 12.1 Å². The van der Waals surface area contributed by atoms with Crippen LogP contribution < -0.4 is 4.74 Å². The highest BCUT2D eigenvalue weighted by atomic mass is 16.5. The number of carboxylic acids is 1. The number of rotatable bonds is 8. The van der Waals surface area contributed by atoms with Gasteiger partial charge in [-0.3, -0.25) is 9.59 Å². The number of carbonyl (C=O) groups excluding carboxylic acids is 2. The number of carboxylic acid groups (broad SMARTS) is 1. The molecule has 1 N–H and O–H groups in total. The van der Waals surface area contributed by atoms with Crippen LogP contribution in [0.15, 0.2) is 54.6 Å². The number of ketones is 2. The number of aliphatic carboxylic acids is 1. The zero-order valence-corrected chi connectivity index (χ0v) is 12.4. The number of ether oxygens (including phenoxy) is 1. The van der Waals surface area contributed by atoms with Crippen LogP contribution >= 0.6 is 0 Å². The summed E-state index contributed by atoms with van der Waals surface area (Å²) in [7, 11) is 0. The number of carbonyl (C=O) groups is 3. The van der Waals surface area contributed by atoms with Crippen molar-refractivity contribution in [3.8, 4) is 5.75 Å². The molecule has 0 aliphatic carbocycles. The first-order chi connectivity index (χ1) is 11.1. The van der Waals surface area contributed by atoms with Crippen molar-refractivity contribution < 1.29 is 24.2 Å². The first-order valence-corrected chi connectivity index (χ1v) is 7.12. The Morgan fingerprint density at radius 3 is 2.39 bits per heavy atom. The van der Waals surface area contributed by atoms with E-state index in [2.05, 4.69) is 0 Å². The lowest BCUT2D eigenvalue weighted by Crippen LogP contribution is -2.17. The van der Waals surface area contributed by atoms with Crippen molar-refractivity contribution in [3.63, 3.8) is 0 Å². The van der Waals surface area contributed by atoms with Crippen LogP contribution in [0.4, 0.5) is 0 Å². The molecule has 0 saturated heterocycles. The van der Waals surface area contributed by atoms with Gasteiger partial charge in [0.25, 0.3) is 0 Å². The normalized spacial score (nSPS) is 10.1. The first kappa shape index (κ1) is 16.4. The maximum atomic E-state index is 11.9. The molecule has 0 fully saturated rings. The van der Waals surface area contributed by atoms with Gasteiger partial charge in [0.15, 0.2) is 5.78 Å². The van der Waals surface area contributed by atoms with E-state index in [0.717, 1.165) is 12.0 Å². The second-order valence-electron chi connectivity index (χ2n) is 4.94. The van der Waals surface area contributed by atoms with Gasteiger partial charge in [0.2, 0.25) is 5.78 Å². The van der Waals surface area contributed by atoms with Crippen LogP contribution in [0.5, 0.6) is 5.75 Å². The van der Waals surface area contributed by atoms with Gasteiger partial charge in [-0.1, -0.05) is 42.5 Å². The molecule has 0 aliphatic rings. The Morgan fingerprint density at radius 1 is 0.957 bits per heavy atom. The third-order valence-corrected chi connectivity index (χ3v) is 3.22. The summed E-state index contributed by atoms with van der Waals surface area (Å²) in [4.78, 5) is 33.4. The van der Waals surface area contributed by atoms with Crippen molar-refractivity contribution in [1.82, 2.24) is 0 Å². The van der Waals surface area contributed by atoms with Crippen LogP contribution in [0.2, 0.25) is 0 Å². The number of hydrogen-bond acceptors (Lipinski definition) is 4. The lowest BCUT2D eigenvalue weighted by molar-refractivity contribution is -0.148. The van der Waals surface area contributed by atoms with E-state index in [1.807, 2.05) is 30.3 Å². The number of hydrogen-bond donors (Lipinski definition) is 1. The van der Waals surface area contributed by atoms with E-state index in [-0.39, 0.29) is 5.56 Å². The maximum Gasteiger partial charge on any atom is 0.372 e. The lowest BCUT2D eigenvalue weighted by Gasteiger charge is -2.07. The fourth-order valence-corrected chi connectivity index (χ4v) is 2.01. The van der Waals surface area contributed by atoms with Crippen LogP contribution in [0, 0.1) is 0 Å². The first-order valence-electron chi connectivity index (χ1n) is 7.12. The molecule has 0 aromatic heterocycles. The molecule has 5 heteroatoms. The van der Waals surface area contributed by atoms with E-state index < -0.39 is 24.0 Å². The Balaban J connectivity index is 1.93. The van der Waals surface area contributed by atoms with Gasteiger partial charge in [0.1, 0.15) is 5.75 Å². The van der Waals surface area contributed by atoms with E-state index in [1.165, 1.54) is 12.1 Å². The summed E-state index contributed by atoms with van der Waals surface area (Å²) in [6.45, 7) is 0.454. The molecule has 0 aliphatic heterocycles. The molecule has 0 unspecified atom stereocenters. The fraction of sp³-hybridized carbons (Fsp3) is 0.167. The second kappa shape index (κ2) is 7.89. The summed E-state index contributed by atoms with van der Waals surface area (Å²) in [6, 6.07) is 16.2. The molecule has 0 atom stereocenters. The minimum Gasteiger partial charge on any atom is -0.493 e. The minimum absolute atomic E-state index is 0.261. The molecule has 0 radical (unpaired) electrons. The third kappa shape index (κ3) is 5.07. The topological polar surface area (TPSA) is 80.7 Å². The van der Waals surface area contributed by atoms with Crippen molar-refractivity contribution in [3.05, 3.63) is 65.7 Å². The molecule has 2 aromatic carbocycles. The minimum atomic E-state index is -1.60. The second-order valence-corrected chi connectivity index (χ2v) is 4.94. The molecular weight excluding hydrogens is 296 g/mol. The van der Waals surface area contributed by atoms with Crippen molar-refractivity contribution in [2.24, 2.45) is 0 Å². The van der Waals surface area contributed by atoms with Crippen molar-refractivity contribution in [2.45, 2.75) is 12.8 Å². The van der Waals surface area contributed by atoms with Gasteiger partial charge in [-0.05, 0) is 17.7 Å². The summed E-state index contributed by atoms with van der Waals surface area (Å²) in [5.74, 6) is -2.75. The number of benzene rings is 2. The van der Waals surface area contributed by atoms with Gasteiger partial charge >= 0.3 is 5.97 Å². The summed E-state index contributed by atoms with van der Waals surface area (Å²) < 4.78 is 5.60. The predicted molar refractivity (Wildman–Crippen MR) is 83.7 cm³/mol. The molecule has 0 spiro atoms. The highest BCUT2D eigenvalue weighted by Gasteiger charge is 2.18. The standard InChI is InChI=1S/C18H16O5/c19-16(12-17(20)18(21)22)14-7-4-8-15(11-14)23-10-9-13-5-2-1-3-6-13/h1-8,11H,9-10,12H2,(H,21,22). The maximum absolute atomic E-state index is 11.9. The molecule has 0 amide bonds. The largest absolute Gasteiger partial charge is 0.493 e. The third-order valence-electron chi connectivity index (χ3n) is 3.22. The van der Waals surface area contributed by atoms with Crippen LogP contribution in [-0.4, -0.2) is 29.2 Å². The Labute approximate surface area is 133 Å². The van der Waals surface area contributed by atoms with E-state index in [9.17, 15) is 14.4 Å². The van der Waals surface area contributed by atoms with E-state index in [4.69, 9.17) is 9.84 Å². The van der Waals surface area contributed by atoms with E-state index in [0.29, 0.717) is 12.4 Å². The van der Waals surface area contributed by atoms with Crippen molar-refractivity contribution >= 4 is 17.5 Å². The van der Waals surface area contributed by atoms with Gasteiger partial charge in [-0.15, -0.1) is 0 Å². The molecule has 5 nitrogen and oxygen atoms in total. The van der Waals surface area contributed by atoms with Crippen molar-refractivity contribution in [1.29, 1.82) is 0 Å². The smallest absolute Gasteiger partial charge is 0.372 e. The van der Waals surface area contributed by atoms with Crippen LogP contribution in [0.25, 0.3) is 0 Å². The van der Waals surface area contributed by atoms with Gasteiger partial charge < -0.3 is 9.84 Å². The SMILES string of the molecule is O=C(O)C(=O)CC(=O)c1cccc(OCCc2ccccc2)c1. The van der Waals surface area contributed by atoms with Crippen LogP contribution in [0.1, 0.15) is 22.3 Å². The summed E-state index contributed by atoms with van der Waals surface area (Å²) in [6.07, 6.45) is 0.0827. The molecule has 2 rings (SSSR count). The number of Topliss-reactive ketones (excluding diaryl/α,β-unsaturated/α-hetero) is 2. The molecule has 0 saturated carbocycles. The molecule has 118 valence electrons. The predicted octanol–water partition coefficient (Wildman–Crippen LogP) is 2.53. The Morgan fingerprint density at radius 2 is 1.70 bits per heavy atom. The van der Waals surface area contributed by atoms with Gasteiger partial charge in [0.05, 0.1) is 13.0 Å². The average molecular weight is 312 g/mol. The molecular formula is C18H16O5.